The third kappa shape index (κ3) is 43.5. The van der Waals surface area contributed by atoms with E-state index in [9.17, 15) is 19.5 Å². The maximum Gasteiger partial charge on any atom is 0.306 e. The summed E-state index contributed by atoms with van der Waals surface area (Å²) in [6.45, 7) is 4.49. The topological polar surface area (TPSA) is 102 Å². The molecule has 0 aromatic carbocycles. The lowest BCUT2D eigenvalue weighted by atomic mass is 10.0. The van der Waals surface area contributed by atoms with Crippen molar-refractivity contribution in [2.75, 3.05) is 41.0 Å². The highest BCUT2D eigenvalue weighted by Crippen LogP contribution is 2.14. The van der Waals surface area contributed by atoms with Crippen molar-refractivity contribution in [3.05, 3.63) is 85.1 Å². The Morgan fingerprint density at radius 1 is 0.508 bits per heavy atom. The van der Waals surface area contributed by atoms with Crippen molar-refractivity contribution in [3.8, 4) is 0 Å². The fourth-order valence-corrected chi connectivity index (χ4v) is 6.98. The van der Waals surface area contributed by atoms with Gasteiger partial charge in [0, 0.05) is 19.3 Å². The molecule has 0 N–H and O–H groups in total. The third-order valence-corrected chi connectivity index (χ3v) is 10.9. The lowest BCUT2D eigenvalue weighted by Gasteiger charge is -2.34. The van der Waals surface area contributed by atoms with Gasteiger partial charge in [0.25, 0.3) is 0 Å². The molecule has 8 heteroatoms. The fourth-order valence-electron chi connectivity index (χ4n) is 6.98. The van der Waals surface area contributed by atoms with Crippen molar-refractivity contribution in [1.29, 1.82) is 0 Å². The maximum atomic E-state index is 12.8. The van der Waals surface area contributed by atoms with Crippen LogP contribution in [0.15, 0.2) is 85.1 Å². The van der Waals surface area contributed by atoms with Gasteiger partial charge in [0.2, 0.25) is 0 Å². The van der Waals surface area contributed by atoms with Gasteiger partial charge < -0.3 is 28.6 Å². The van der Waals surface area contributed by atoms with Crippen LogP contribution in [0.1, 0.15) is 194 Å². The zero-order valence-corrected chi connectivity index (χ0v) is 41.0. The Bertz CT molecular complexity index is 1300. The SMILES string of the molecule is CC/C=C/C/C=C/C/C=C/CCCCCCCCCCCCCC(=O)OCC(COCCC(C(=O)[O-])[N+](C)(C)C)OC(=O)CCCCCCC/C=C/C=C/C=C/C=C/CCCCC. The molecule has 0 aromatic heterocycles. The van der Waals surface area contributed by atoms with Crippen LogP contribution < -0.4 is 5.11 Å². The van der Waals surface area contributed by atoms with Crippen molar-refractivity contribution in [2.45, 2.75) is 206 Å². The standard InChI is InChI=1S/C55H93NO7/c1-6-8-10-12-14-16-18-20-22-24-26-27-28-30-31-33-35-37-39-41-43-45-53(57)62-50-51(49-61-48-47-52(55(59)60)56(3,4)5)63-54(58)46-44-42-40-38-36-34-32-29-25-23-21-19-17-15-13-11-9-7-2/h8,10,14-17,19-23,25,29,32,51-52H,6-7,9,11-13,18,24,26-28,30-31,33-50H2,1-5H3/b10-8+,16-14+,17-15+,21-19+,22-20+,25-23+,32-29+. The highest BCUT2D eigenvalue weighted by atomic mass is 16.6. The van der Waals surface area contributed by atoms with Crippen molar-refractivity contribution in [1.82, 2.24) is 0 Å². The molecule has 0 aliphatic rings. The summed E-state index contributed by atoms with van der Waals surface area (Å²) in [6.07, 6.45) is 58.9. The summed E-state index contributed by atoms with van der Waals surface area (Å²) in [5.74, 6) is -1.77. The van der Waals surface area contributed by atoms with Crippen LogP contribution in [-0.2, 0) is 28.6 Å². The molecule has 0 aliphatic heterocycles. The second kappa shape index (κ2) is 45.1. The summed E-state index contributed by atoms with van der Waals surface area (Å²) in [5, 5.41) is 11.7. The molecular formula is C55H93NO7. The average Bonchev–Trinajstić information content (AvgIpc) is 3.24. The van der Waals surface area contributed by atoms with Gasteiger partial charge in [-0.1, -0.05) is 189 Å². The molecule has 360 valence electrons. The van der Waals surface area contributed by atoms with Gasteiger partial charge in [-0.3, -0.25) is 9.59 Å². The van der Waals surface area contributed by atoms with Crippen LogP contribution >= 0.6 is 0 Å². The van der Waals surface area contributed by atoms with E-state index in [2.05, 4.69) is 92.8 Å². The van der Waals surface area contributed by atoms with E-state index >= 15 is 0 Å². The number of nitrogens with zero attached hydrogens (tertiary/aromatic N) is 1. The van der Waals surface area contributed by atoms with Gasteiger partial charge in [0.15, 0.2) is 6.10 Å². The molecule has 0 saturated carbocycles. The number of unbranched alkanes of at least 4 members (excludes halogenated alkanes) is 19. The number of carbonyl (C=O) groups excluding carboxylic acids is 3. The number of hydrogen-bond acceptors (Lipinski definition) is 7. The number of quaternary nitrogens is 1. The Morgan fingerprint density at radius 2 is 0.952 bits per heavy atom. The smallest absolute Gasteiger partial charge is 0.306 e. The van der Waals surface area contributed by atoms with E-state index in [1.807, 2.05) is 6.08 Å². The zero-order valence-electron chi connectivity index (χ0n) is 41.0. The molecule has 0 aliphatic carbocycles. The Hall–Kier alpha value is -3.49. The number of hydrogen-bond donors (Lipinski definition) is 0. The van der Waals surface area contributed by atoms with Gasteiger partial charge >= 0.3 is 11.9 Å². The highest BCUT2D eigenvalue weighted by Gasteiger charge is 2.25. The molecule has 0 heterocycles. The molecule has 8 nitrogen and oxygen atoms in total. The van der Waals surface area contributed by atoms with Crippen molar-refractivity contribution in [3.63, 3.8) is 0 Å². The molecule has 0 radical (unpaired) electrons. The average molecular weight is 880 g/mol. The molecule has 0 fully saturated rings. The van der Waals surface area contributed by atoms with E-state index in [0.29, 0.717) is 12.8 Å². The van der Waals surface area contributed by atoms with Gasteiger partial charge in [-0.05, 0) is 70.6 Å². The van der Waals surface area contributed by atoms with Crippen molar-refractivity contribution >= 4 is 17.9 Å². The first-order valence-electron chi connectivity index (χ1n) is 25.2. The summed E-state index contributed by atoms with van der Waals surface area (Å²) in [5.41, 5.74) is 0. The second-order valence-electron chi connectivity index (χ2n) is 17.8. The Labute approximate surface area is 386 Å². The number of ether oxygens (including phenoxy) is 3. The van der Waals surface area contributed by atoms with Crippen molar-refractivity contribution < 1.29 is 38.2 Å². The number of aliphatic carboxylic acids is 1. The third-order valence-electron chi connectivity index (χ3n) is 10.9. The van der Waals surface area contributed by atoms with Crippen LogP contribution in [-0.4, -0.2) is 75.5 Å². The molecule has 0 aromatic rings. The summed E-state index contributed by atoms with van der Waals surface area (Å²) >= 11 is 0. The van der Waals surface area contributed by atoms with E-state index in [4.69, 9.17) is 14.2 Å². The number of likely N-dealkylation sites (N-methyl/N-ethyl adjacent to an activating group) is 1. The number of carbonyl (C=O) groups is 3. The first-order chi connectivity index (χ1) is 30.6. The van der Waals surface area contributed by atoms with E-state index in [1.54, 1.807) is 21.1 Å². The number of carboxylic acid groups (broad SMARTS) is 1. The molecule has 0 rings (SSSR count). The number of carboxylic acids is 1. The van der Waals surface area contributed by atoms with Gasteiger partial charge in [0.05, 0.1) is 40.3 Å². The van der Waals surface area contributed by atoms with E-state index in [-0.39, 0.29) is 42.7 Å². The van der Waals surface area contributed by atoms with Gasteiger partial charge in [-0.25, -0.2) is 0 Å². The second-order valence-corrected chi connectivity index (χ2v) is 17.8. The normalized spacial score (nSPS) is 13.6. The molecule has 0 bridgehead atoms. The number of allylic oxidation sites excluding steroid dienone is 14. The summed E-state index contributed by atoms with van der Waals surface area (Å²) in [4.78, 5) is 37.0. The minimum atomic E-state index is -1.13. The highest BCUT2D eigenvalue weighted by molar-refractivity contribution is 5.70. The van der Waals surface area contributed by atoms with E-state index < -0.39 is 18.1 Å². The molecule has 0 saturated heterocycles. The van der Waals surface area contributed by atoms with E-state index in [0.717, 1.165) is 83.5 Å². The molecule has 63 heavy (non-hydrogen) atoms. The van der Waals surface area contributed by atoms with Crippen LogP contribution in [0.4, 0.5) is 0 Å². The van der Waals surface area contributed by atoms with Crippen LogP contribution in [0.5, 0.6) is 0 Å². The lowest BCUT2D eigenvalue weighted by molar-refractivity contribution is -0.889. The summed E-state index contributed by atoms with van der Waals surface area (Å²) in [7, 11) is 5.40. The number of rotatable bonds is 44. The molecule has 2 unspecified atom stereocenters. The minimum absolute atomic E-state index is 0.0260. The Morgan fingerprint density at radius 3 is 1.46 bits per heavy atom. The lowest BCUT2D eigenvalue weighted by Crippen LogP contribution is -2.55. The minimum Gasteiger partial charge on any atom is -0.544 e. The van der Waals surface area contributed by atoms with Crippen molar-refractivity contribution in [2.24, 2.45) is 0 Å². The van der Waals surface area contributed by atoms with Gasteiger partial charge in [0.1, 0.15) is 12.6 Å². The Balaban J connectivity index is 4.31. The van der Waals surface area contributed by atoms with Crippen LogP contribution in [0.2, 0.25) is 0 Å². The predicted molar refractivity (Wildman–Crippen MR) is 263 cm³/mol. The quantitative estimate of drug-likeness (QED) is 0.0197. The van der Waals surface area contributed by atoms with Crippen LogP contribution in [0, 0.1) is 0 Å². The first kappa shape index (κ1) is 59.5. The molecule has 0 amide bonds. The summed E-state index contributed by atoms with van der Waals surface area (Å²) < 4.78 is 17.2. The first-order valence-corrected chi connectivity index (χ1v) is 25.2. The maximum absolute atomic E-state index is 12.8. The fraction of sp³-hybridized carbons (Fsp3) is 0.691. The predicted octanol–water partition coefficient (Wildman–Crippen LogP) is 13.1. The molecule has 0 spiro atoms. The molecular weight excluding hydrogens is 787 g/mol. The zero-order chi connectivity index (χ0) is 46.3. The summed E-state index contributed by atoms with van der Waals surface area (Å²) in [6, 6.07) is -0.735. The van der Waals surface area contributed by atoms with Crippen LogP contribution in [0.25, 0.3) is 0 Å². The largest absolute Gasteiger partial charge is 0.544 e. The van der Waals surface area contributed by atoms with Gasteiger partial charge in [-0.15, -0.1) is 0 Å². The van der Waals surface area contributed by atoms with Crippen LogP contribution in [0.3, 0.4) is 0 Å². The monoisotopic (exact) mass is 880 g/mol. The van der Waals surface area contributed by atoms with Gasteiger partial charge in [-0.2, -0.15) is 0 Å². The van der Waals surface area contributed by atoms with E-state index in [1.165, 1.54) is 77.0 Å². The molecule has 2 atom stereocenters. The Kier molecular flexibility index (Phi) is 42.6. The number of esters is 2.